The second-order valence-corrected chi connectivity index (χ2v) is 4.06. The molecule has 2 amide bonds. The molecule has 3 N–H and O–H groups in total. The van der Waals surface area contributed by atoms with Crippen molar-refractivity contribution in [1.82, 2.24) is 10.6 Å². The SMILES string of the molecule is CC(NC(=O)NCc1cc(Cl)ccc1F)C(=O)O. The molecule has 0 radical (unpaired) electrons. The minimum Gasteiger partial charge on any atom is -0.480 e. The van der Waals surface area contributed by atoms with Crippen LogP contribution in [0.4, 0.5) is 9.18 Å². The second kappa shape index (κ2) is 6.20. The van der Waals surface area contributed by atoms with Gasteiger partial charge in [-0.05, 0) is 25.1 Å². The quantitative estimate of drug-likeness (QED) is 0.783. The summed E-state index contributed by atoms with van der Waals surface area (Å²) in [6.07, 6.45) is 0. The van der Waals surface area contributed by atoms with Gasteiger partial charge in [0.05, 0.1) is 0 Å². The molecule has 0 aliphatic carbocycles. The van der Waals surface area contributed by atoms with Crippen molar-refractivity contribution in [3.63, 3.8) is 0 Å². The van der Waals surface area contributed by atoms with Crippen LogP contribution >= 0.6 is 11.6 Å². The van der Waals surface area contributed by atoms with E-state index in [1.807, 2.05) is 0 Å². The number of amides is 2. The third kappa shape index (κ3) is 4.21. The number of carboxylic acids is 1. The molecule has 1 aromatic rings. The largest absolute Gasteiger partial charge is 0.480 e. The minimum atomic E-state index is -1.15. The summed E-state index contributed by atoms with van der Waals surface area (Å²) in [5.41, 5.74) is 0.223. The fraction of sp³-hybridized carbons (Fsp3) is 0.273. The first-order valence-corrected chi connectivity index (χ1v) is 5.49. The highest BCUT2D eigenvalue weighted by Crippen LogP contribution is 2.14. The molecule has 0 saturated carbocycles. The van der Waals surface area contributed by atoms with Crippen LogP contribution in [0.2, 0.25) is 5.02 Å². The fourth-order valence-electron chi connectivity index (χ4n) is 1.16. The molecule has 0 fully saturated rings. The highest BCUT2D eigenvalue weighted by atomic mass is 35.5. The van der Waals surface area contributed by atoms with Crippen LogP contribution in [0, 0.1) is 5.82 Å². The molecule has 98 valence electrons. The van der Waals surface area contributed by atoms with Gasteiger partial charge in [-0.15, -0.1) is 0 Å². The van der Waals surface area contributed by atoms with E-state index in [2.05, 4.69) is 10.6 Å². The van der Waals surface area contributed by atoms with Crippen LogP contribution in [0.3, 0.4) is 0 Å². The molecule has 1 aromatic carbocycles. The summed E-state index contributed by atoms with van der Waals surface area (Å²) < 4.78 is 13.3. The predicted octanol–water partition coefficient (Wildman–Crippen LogP) is 1.75. The molecular formula is C11H12ClFN2O3. The van der Waals surface area contributed by atoms with Crippen molar-refractivity contribution in [2.24, 2.45) is 0 Å². The van der Waals surface area contributed by atoms with Gasteiger partial charge in [-0.1, -0.05) is 11.6 Å². The third-order valence-corrected chi connectivity index (χ3v) is 2.40. The van der Waals surface area contributed by atoms with Crippen molar-refractivity contribution in [3.8, 4) is 0 Å². The van der Waals surface area contributed by atoms with Crippen LogP contribution in [-0.2, 0) is 11.3 Å². The lowest BCUT2D eigenvalue weighted by Crippen LogP contribution is -2.44. The van der Waals surface area contributed by atoms with Crippen molar-refractivity contribution in [2.75, 3.05) is 0 Å². The maximum Gasteiger partial charge on any atom is 0.325 e. The Morgan fingerprint density at radius 1 is 1.50 bits per heavy atom. The number of aliphatic carboxylic acids is 1. The number of hydrogen-bond acceptors (Lipinski definition) is 2. The molecular weight excluding hydrogens is 263 g/mol. The minimum absolute atomic E-state index is 0.0788. The van der Waals surface area contributed by atoms with E-state index in [0.717, 1.165) is 0 Å². The van der Waals surface area contributed by atoms with E-state index in [9.17, 15) is 14.0 Å². The molecule has 1 unspecified atom stereocenters. The van der Waals surface area contributed by atoms with E-state index in [4.69, 9.17) is 16.7 Å². The van der Waals surface area contributed by atoms with E-state index >= 15 is 0 Å². The van der Waals surface area contributed by atoms with Crippen LogP contribution < -0.4 is 10.6 Å². The fourth-order valence-corrected chi connectivity index (χ4v) is 1.36. The van der Waals surface area contributed by atoms with Crippen molar-refractivity contribution in [2.45, 2.75) is 19.5 Å². The first-order valence-electron chi connectivity index (χ1n) is 5.11. The Kier molecular flexibility index (Phi) is 4.91. The van der Waals surface area contributed by atoms with Crippen LogP contribution in [-0.4, -0.2) is 23.1 Å². The zero-order valence-electron chi connectivity index (χ0n) is 9.54. The molecule has 1 rings (SSSR count). The molecule has 0 aliphatic rings. The lowest BCUT2D eigenvalue weighted by molar-refractivity contribution is -0.138. The molecule has 0 aromatic heterocycles. The first-order chi connectivity index (χ1) is 8.40. The summed E-state index contributed by atoms with van der Waals surface area (Å²) >= 11 is 5.69. The molecule has 0 spiro atoms. The maximum absolute atomic E-state index is 13.3. The Hall–Kier alpha value is -1.82. The molecule has 7 heteroatoms. The van der Waals surface area contributed by atoms with Crippen molar-refractivity contribution < 1.29 is 19.1 Å². The Bertz CT molecular complexity index is 468. The van der Waals surface area contributed by atoms with E-state index in [1.165, 1.54) is 25.1 Å². The molecule has 5 nitrogen and oxygen atoms in total. The predicted molar refractivity (Wildman–Crippen MR) is 63.9 cm³/mol. The van der Waals surface area contributed by atoms with Gasteiger partial charge >= 0.3 is 12.0 Å². The first kappa shape index (κ1) is 14.2. The number of rotatable bonds is 4. The Morgan fingerprint density at radius 3 is 2.78 bits per heavy atom. The van der Waals surface area contributed by atoms with Gasteiger partial charge < -0.3 is 15.7 Å². The van der Waals surface area contributed by atoms with Gasteiger partial charge in [-0.3, -0.25) is 4.79 Å². The van der Waals surface area contributed by atoms with Crippen LogP contribution in [0.15, 0.2) is 18.2 Å². The van der Waals surface area contributed by atoms with Gasteiger partial charge in [0, 0.05) is 17.1 Å². The Morgan fingerprint density at radius 2 is 2.17 bits per heavy atom. The number of halogens is 2. The van der Waals surface area contributed by atoms with E-state index in [1.54, 1.807) is 0 Å². The zero-order valence-corrected chi connectivity index (χ0v) is 10.3. The highest BCUT2D eigenvalue weighted by molar-refractivity contribution is 6.30. The smallest absolute Gasteiger partial charge is 0.325 e. The van der Waals surface area contributed by atoms with E-state index in [-0.39, 0.29) is 12.1 Å². The molecule has 18 heavy (non-hydrogen) atoms. The van der Waals surface area contributed by atoms with Gasteiger partial charge in [0.2, 0.25) is 0 Å². The van der Waals surface area contributed by atoms with E-state index < -0.39 is 23.9 Å². The number of carbonyl (C=O) groups is 2. The molecule has 0 heterocycles. The molecule has 1 atom stereocenters. The summed E-state index contributed by atoms with van der Waals surface area (Å²) in [6, 6.07) is 2.26. The average molecular weight is 275 g/mol. The highest BCUT2D eigenvalue weighted by Gasteiger charge is 2.13. The van der Waals surface area contributed by atoms with Gasteiger partial charge in [0.15, 0.2) is 0 Å². The van der Waals surface area contributed by atoms with Gasteiger partial charge in [-0.2, -0.15) is 0 Å². The van der Waals surface area contributed by atoms with Crippen molar-refractivity contribution in [3.05, 3.63) is 34.6 Å². The number of carbonyl (C=O) groups excluding carboxylic acids is 1. The third-order valence-electron chi connectivity index (χ3n) is 2.17. The lowest BCUT2D eigenvalue weighted by atomic mass is 10.2. The maximum atomic E-state index is 13.3. The van der Waals surface area contributed by atoms with Crippen LogP contribution in [0.1, 0.15) is 12.5 Å². The monoisotopic (exact) mass is 274 g/mol. The normalized spacial score (nSPS) is 11.7. The van der Waals surface area contributed by atoms with Crippen molar-refractivity contribution >= 4 is 23.6 Å². The summed E-state index contributed by atoms with van der Waals surface area (Å²) in [4.78, 5) is 21.8. The summed E-state index contributed by atoms with van der Waals surface area (Å²) in [6.45, 7) is 1.24. The lowest BCUT2D eigenvalue weighted by Gasteiger charge is -2.11. The Balaban J connectivity index is 2.52. The van der Waals surface area contributed by atoms with E-state index in [0.29, 0.717) is 5.02 Å². The zero-order chi connectivity index (χ0) is 13.7. The molecule has 0 aliphatic heterocycles. The second-order valence-electron chi connectivity index (χ2n) is 3.62. The summed E-state index contributed by atoms with van der Waals surface area (Å²) in [5, 5.41) is 13.5. The van der Waals surface area contributed by atoms with Crippen LogP contribution in [0.5, 0.6) is 0 Å². The summed E-state index contributed by atoms with van der Waals surface area (Å²) in [5.74, 6) is -1.65. The van der Waals surface area contributed by atoms with Crippen LogP contribution in [0.25, 0.3) is 0 Å². The van der Waals surface area contributed by atoms with Gasteiger partial charge in [0.25, 0.3) is 0 Å². The molecule has 0 saturated heterocycles. The van der Waals surface area contributed by atoms with Gasteiger partial charge in [0.1, 0.15) is 11.9 Å². The number of nitrogens with one attached hydrogen (secondary N) is 2. The van der Waals surface area contributed by atoms with Gasteiger partial charge in [-0.25, -0.2) is 9.18 Å². The number of benzene rings is 1. The summed E-state index contributed by atoms with van der Waals surface area (Å²) in [7, 11) is 0. The average Bonchev–Trinajstić information content (AvgIpc) is 2.30. The number of hydrogen-bond donors (Lipinski definition) is 3. The number of carboxylic acid groups (broad SMARTS) is 1. The van der Waals surface area contributed by atoms with Crippen molar-refractivity contribution in [1.29, 1.82) is 0 Å². The standard InChI is InChI=1S/C11H12ClFN2O3/c1-6(10(16)17)15-11(18)14-5-7-4-8(12)2-3-9(7)13/h2-4,6H,5H2,1H3,(H,16,17)(H2,14,15,18). The topological polar surface area (TPSA) is 78.4 Å². The number of urea groups is 1. The Labute approximate surface area is 108 Å². The molecule has 0 bridgehead atoms.